The Balaban J connectivity index is 2.34. The maximum absolute atomic E-state index is 13.1. The van der Waals surface area contributed by atoms with Crippen molar-refractivity contribution in [3.8, 4) is 0 Å². The Morgan fingerprint density at radius 3 is 3.00 bits per heavy atom. The zero-order chi connectivity index (χ0) is 12.4. The number of amides is 1. The summed E-state index contributed by atoms with van der Waals surface area (Å²) in [5, 5.41) is 2.78. The molecule has 2 rings (SSSR count). The molecule has 1 N–H and O–H groups in total. The lowest BCUT2D eigenvalue weighted by molar-refractivity contribution is -0.110. The number of carbonyl (C=O) groups is 1. The number of hydrogen-bond acceptors (Lipinski definition) is 2. The number of nitrogens with one attached hydrogen (secondary N) is 1. The first kappa shape index (κ1) is 11.8. The van der Waals surface area contributed by atoms with Crippen LogP contribution in [-0.2, 0) is 11.3 Å². The van der Waals surface area contributed by atoms with E-state index in [1.807, 2.05) is 13.8 Å². The molecule has 0 saturated heterocycles. The molecule has 0 saturated carbocycles. The third-order valence-electron chi connectivity index (χ3n) is 3.05. The van der Waals surface area contributed by atoms with E-state index in [0.717, 1.165) is 12.0 Å². The third kappa shape index (κ3) is 2.35. The van der Waals surface area contributed by atoms with E-state index in [2.05, 4.69) is 10.3 Å². The third-order valence-corrected chi connectivity index (χ3v) is 3.05. The lowest BCUT2D eigenvalue weighted by Gasteiger charge is -2.10. The van der Waals surface area contributed by atoms with Gasteiger partial charge in [-0.15, -0.1) is 0 Å². The summed E-state index contributed by atoms with van der Waals surface area (Å²) in [5.74, 6) is -0.362. The molecule has 0 fully saturated rings. The van der Waals surface area contributed by atoms with Gasteiger partial charge in [0.2, 0.25) is 0 Å². The molecule has 0 radical (unpaired) electrons. The Morgan fingerprint density at radius 1 is 1.53 bits per heavy atom. The summed E-state index contributed by atoms with van der Waals surface area (Å²) in [5.41, 5.74) is 1.92. The normalized spacial score (nSPS) is 16.6. The molecule has 1 aromatic carbocycles. The van der Waals surface area contributed by atoms with Gasteiger partial charge in [-0.3, -0.25) is 9.79 Å². The summed E-state index contributed by atoms with van der Waals surface area (Å²) in [6.45, 7) is 4.33. The van der Waals surface area contributed by atoms with Gasteiger partial charge in [0.25, 0.3) is 5.91 Å². The summed E-state index contributed by atoms with van der Waals surface area (Å²) >= 11 is 0. The Bertz CT molecular complexity index is 482. The first-order chi connectivity index (χ1) is 8.11. The van der Waals surface area contributed by atoms with Crippen LogP contribution in [0.5, 0.6) is 0 Å². The largest absolute Gasteiger partial charge is 0.321 e. The average Bonchev–Trinajstić information content (AvgIpc) is 2.47. The van der Waals surface area contributed by atoms with E-state index in [4.69, 9.17) is 0 Å². The van der Waals surface area contributed by atoms with Crippen LogP contribution >= 0.6 is 0 Å². The molecule has 0 spiro atoms. The molecule has 0 unspecified atom stereocenters. The summed E-state index contributed by atoms with van der Waals surface area (Å²) in [4.78, 5) is 16.2. The van der Waals surface area contributed by atoms with Gasteiger partial charge in [-0.1, -0.05) is 13.8 Å². The maximum Gasteiger partial charge on any atom is 0.269 e. The van der Waals surface area contributed by atoms with Crippen LogP contribution in [0.25, 0.3) is 0 Å². The number of fused-ring (bicyclic) bond motifs is 1. The van der Waals surface area contributed by atoms with E-state index in [9.17, 15) is 9.18 Å². The monoisotopic (exact) mass is 234 g/mol. The Morgan fingerprint density at radius 2 is 2.29 bits per heavy atom. The van der Waals surface area contributed by atoms with Gasteiger partial charge in [-0.05, 0) is 30.2 Å². The highest BCUT2D eigenvalue weighted by molar-refractivity contribution is 6.44. The fraction of sp³-hybridized carbons (Fsp3) is 0.385. The van der Waals surface area contributed by atoms with Crippen molar-refractivity contribution in [1.82, 2.24) is 0 Å². The Hall–Kier alpha value is -1.71. The fourth-order valence-electron chi connectivity index (χ4n) is 1.82. The lowest BCUT2D eigenvalue weighted by atomic mass is 10.0. The standard InChI is InChI=1S/C13H15FN2O/c1-3-8(2)12-13(17)16-11-5-4-10(14)6-9(11)7-15-12/h4-6,8H,3,7H2,1-2H3,(H,16,17)/t8-/m1/s1. The molecule has 1 atom stereocenters. The maximum atomic E-state index is 13.1. The van der Waals surface area contributed by atoms with Crippen LogP contribution in [-0.4, -0.2) is 11.6 Å². The fourth-order valence-corrected chi connectivity index (χ4v) is 1.82. The van der Waals surface area contributed by atoms with E-state index < -0.39 is 0 Å². The van der Waals surface area contributed by atoms with E-state index >= 15 is 0 Å². The number of halogens is 1. The van der Waals surface area contributed by atoms with Crippen molar-refractivity contribution in [2.45, 2.75) is 26.8 Å². The van der Waals surface area contributed by atoms with Crippen LogP contribution in [0.1, 0.15) is 25.8 Å². The predicted molar refractivity (Wildman–Crippen MR) is 65.6 cm³/mol. The minimum absolute atomic E-state index is 0.120. The van der Waals surface area contributed by atoms with Gasteiger partial charge in [0.05, 0.1) is 6.54 Å². The second-order valence-electron chi connectivity index (χ2n) is 4.27. The highest BCUT2D eigenvalue weighted by Crippen LogP contribution is 2.22. The number of benzene rings is 1. The topological polar surface area (TPSA) is 41.5 Å². The van der Waals surface area contributed by atoms with Gasteiger partial charge < -0.3 is 5.32 Å². The molecule has 1 aliphatic rings. The van der Waals surface area contributed by atoms with Crippen LogP contribution in [0.3, 0.4) is 0 Å². The molecule has 3 nitrogen and oxygen atoms in total. The number of nitrogens with zero attached hydrogens (tertiary/aromatic N) is 1. The van der Waals surface area contributed by atoms with Crippen LogP contribution in [0.15, 0.2) is 23.2 Å². The zero-order valence-corrected chi connectivity index (χ0v) is 9.96. The first-order valence-electron chi connectivity index (χ1n) is 5.76. The van der Waals surface area contributed by atoms with Gasteiger partial charge in [-0.2, -0.15) is 0 Å². The molecule has 0 bridgehead atoms. The molecular weight excluding hydrogens is 219 g/mol. The van der Waals surface area contributed by atoms with E-state index in [1.54, 1.807) is 6.07 Å². The van der Waals surface area contributed by atoms with Gasteiger partial charge in [0, 0.05) is 11.6 Å². The van der Waals surface area contributed by atoms with Crippen molar-refractivity contribution in [1.29, 1.82) is 0 Å². The molecule has 1 heterocycles. The van der Waals surface area contributed by atoms with E-state index in [-0.39, 0.29) is 17.6 Å². The molecule has 1 aliphatic heterocycles. The molecule has 4 heteroatoms. The number of carbonyl (C=O) groups excluding carboxylic acids is 1. The molecular formula is C13H15FN2O. The van der Waals surface area contributed by atoms with Crippen molar-refractivity contribution in [2.24, 2.45) is 10.9 Å². The number of rotatable bonds is 2. The molecule has 1 amide bonds. The van der Waals surface area contributed by atoms with Gasteiger partial charge in [0.15, 0.2) is 0 Å². The summed E-state index contributed by atoms with van der Waals surface area (Å²) in [6.07, 6.45) is 0.858. The summed E-state index contributed by atoms with van der Waals surface area (Å²) in [7, 11) is 0. The van der Waals surface area contributed by atoms with Gasteiger partial charge >= 0.3 is 0 Å². The van der Waals surface area contributed by atoms with Crippen molar-refractivity contribution >= 4 is 17.3 Å². The van der Waals surface area contributed by atoms with Crippen LogP contribution < -0.4 is 5.32 Å². The minimum atomic E-state index is -0.305. The lowest BCUT2D eigenvalue weighted by Crippen LogP contribution is -2.27. The molecule has 17 heavy (non-hydrogen) atoms. The van der Waals surface area contributed by atoms with Crippen LogP contribution in [0, 0.1) is 11.7 Å². The van der Waals surface area contributed by atoms with E-state index in [1.165, 1.54) is 12.1 Å². The highest BCUT2D eigenvalue weighted by atomic mass is 19.1. The smallest absolute Gasteiger partial charge is 0.269 e. The summed E-state index contributed by atoms with van der Waals surface area (Å²) in [6, 6.07) is 4.34. The highest BCUT2D eigenvalue weighted by Gasteiger charge is 2.21. The predicted octanol–water partition coefficient (Wildman–Crippen LogP) is 2.76. The number of anilines is 1. The molecule has 90 valence electrons. The Kier molecular flexibility index (Phi) is 3.22. The van der Waals surface area contributed by atoms with Crippen molar-refractivity contribution in [2.75, 3.05) is 5.32 Å². The van der Waals surface area contributed by atoms with Crippen LogP contribution in [0.2, 0.25) is 0 Å². The van der Waals surface area contributed by atoms with Crippen LogP contribution in [0.4, 0.5) is 10.1 Å². The SMILES string of the molecule is CC[C@@H](C)C1=NCc2cc(F)ccc2NC1=O. The van der Waals surface area contributed by atoms with Crippen molar-refractivity contribution in [3.63, 3.8) is 0 Å². The zero-order valence-electron chi connectivity index (χ0n) is 9.96. The Labute approximate surface area is 99.8 Å². The van der Waals surface area contributed by atoms with Crippen molar-refractivity contribution in [3.05, 3.63) is 29.6 Å². The molecule has 1 aromatic rings. The minimum Gasteiger partial charge on any atom is -0.321 e. The van der Waals surface area contributed by atoms with Gasteiger partial charge in [-0.25, -0.2) is 4.39 Å². The quantitative estimate of drug-likeness (QED) is 0.839. The second-order valence-corrected chi connectivity index (χ2v) is 4.27. The second kappa shape index (κ2) is 4.65. The van der Waals surface area contributed by atoms with Crippen molar-refractivity contribution < 1.29 is 9.18 Å². The van der Waals surface area contributed by atoms with Gasteiger partial charge in [0.1, 0.15) is 11.5 Å². The first-order valence-corrected chi connectivity index (χ1v) is 5.76. The summed E-state index contributed by atoms with van der Waals surface area (Å²) < 4.78 is 13.1. The molecule has 0 aromatic heterocycles. The number of hydrogen-bond donors (Lipinski definition) is 1. The average molecular weight is 234 g/mol. The van der Waals surface area contributed by atoms with E-state index in [0.29, 0.717) is 17.9 Å². The number of aliphatic imine (C=N–C) groups is 1. The molecule has 0 aliphatic carbocycles.